The monoisotopic (exact) mass is 282 g/mol. The summed E-state index contributed by atoms with van der Waals surface area (Å²) in [5.41, 5.74) is 0. The topological polar surface area (TPSA) is 47.6 Å². The molecule has 2 fully saturated rings. The average Bonchev–Trinajstić information content (AvgIpc) is 2.45. The largest absolute Gasteiger partial charge is 0.358 e. The van der Waals surface area contributed by atoms with Crippen LogP contribution in [0.1, 0.15) is 32.6 Å². The number of carbonyl (C=O) groups is 1. The third kappa shape index (κ3) is 4.43. The molecule has 0 aliphatic carbocycles. The van der Waals surface area contributed by atoms with E-state index < -0.39 is 0 Å². The van der Waals surface area contributed by atoms with Crippen LogP contribution in [0, 0.1) is 0 Å². The summed E-state index contributed by atoms with van der Waals surface area (Å²) in [6, 6.07) is 2.00. The van der Waals surface area contributed by atoms with Gasteiger partial charge >= 0.3 is 0 Å². The van der Waals surface area contributed by atoms with Gasteiger partial charge in [0, 0.05) is 38.3 Å². The highest BCUT2D eigenvalue weighted by Gasteiger charge is 2.26. The van der Waals surface area contributed by atoms with Crippen molar-refractivity contribution in [3.05, 3.63) is 0 Å². The molecule has 0 bridgehead atoms. The van der Waals surface area contributed by atoms with Crippen LogP contribution in [0.4, 0.5) is 0 Å². The third-order valence-electron chi connectivity index (χ3n) is 4.91. The summed E-state index contributed by atoms with van der Waals surface area (Å²) in [7, 11) is 3.93. The van der Waals surface area contributed by atoms with Gasteiger partial charge in [-0.2, -0.15) is 0 Å². The van der Waals surface area contributed by atoms with E-state index >= 15 is 0 Å². The lowest BCUT2D eigenvalue weighted by Gasteiger charge is -2.39. The van der Waals surface area contributed by atoms with Crippen molar-refractivity contribution in [2.75, 3.05) is 40.3 Å². The van der Waals surface area contributed by atoms with Crippen LogP contribution in [0.15, 0.2) is 0 Å². The van der Waals surface area contributed by atoms with E-state index in [0.29, 0.717) is 24.7 Å². The molecule has 2 unspecified atom stereocenters. The number of hydrogen-bond donors (Lipinski definition) is 2. The summed E-state index contributed by atoms with van der Waals surface area (Å²) >= 11 is 0. The summed E-state index contributed by atoms with van der Waals surface area (Å²) in [5, 5.41) is 6.54. The average molecular weight is 282 g/mol. The highest BCUT2D eigenvalue weighted by molar-refractivity contribution is 5.77. The molecule has 2 aliphatic rings. The zero-order valence-corrected chi connectivity index (χ0v) is 13.2. The highest BCUT2D eigenvalue weighted by Crippen LogP contribution is 2.18. The summed E-state index contributed by atoms with van der Waals surface area (Å²) in [6.45, 7) is 6.14. The zero-order chi connectivity index (χ0) is 14.5. The van der Waals surface area contributed by atoms with E-state index in [1.165, 1.54) is 19.4 Å². The molecule has 2 N–H and O–H groups in total. The van der Waals surface area contributed by atoms with Gasteiger partial charge in [-0.05, 0) is 46.2 Å². The Bertz CT molecular complexity index is 315. The molecule has 0 aromatic heterocycles. The SMILES string of the molecule is CNC(=O)CN1CCC(NC2CCN(C)C(C)C2)CC1. The Morgan fingerprint density at radius 2 is 1.80 bits per heavy atom. The predicted molar refractivity (Wildman–Crippen MR) is 81.8 cm³/mol. The number of carbonyl (C=O) groups excluding carboxylic acids is 1. The first-order chi connectivity index (χ1) is 9.58. The molecular formula is C15H30N4O. The fourth-order valence-corrected chi connectivity index (χ4v) is 3.31. The van der Waals surface area contributed by atoms with Gasteiger partial charge in [0.05, 0.1) is 6.54 Å². The molecule has 116 valence electrons. The predicted octanol–water partition coefficient (Wildman–Crippen LogP) is 0.269. The molecule has 2 rings (SSSR count). The van der Waals surface area contributed by atoms with Crippen molar-refractivity contribution in [1.29, 1.82) is 0 Å². The van der Waals surface area contributed by atoms with Gasteiger partial charge in [-0.15, -0.1) is 0 Å². The van der Waals surface area contributed by atoms with E-state index in [-0.39, 0.29) is 5.91 Å². The Hall–Kier alpha value is -0.650. The Balaban J connectivity index is 1.68. The lowest BCUT2D eigenvalue weighted by Crippen LogP contribution is -2.52. The number of amides is 1. The second-order valence-electron chi connectivity index (χ2n) is 6.44. The van der Waals surface area contributed by atoms with Crippen molar-refractivity contribution >= 4 is 5.91 Å². The molecule has 5 nitrogen and oxygen atoms in total. The second-order valence-corrected chi connectivity index (χ2v) is 6.44. The number of nitrogens with zero attached hydrogens (tertiary/aromatic N) is 2. The third-order valence-corrected chi connectivity index (χ3v) is 4.91. The fraction of sp³-hybridized carbons (Fsp3) is 0.933. The number of likely N-dealkylation sites (N-methyl/N-ethyl adjacent to an activating group) is 1. The first kappa shape index (κ1) is 15.7. The second kappa shape index (κ2) is 7.38. The van der Waals surface area contributed by atoms with E-state index in [4.69, 9.17) is 0 Å². The van der Waals surface area contributed by atoms with Gasteiger partial charge < -0.3 is 15.5 Å². The van der Waals surface area contributed by atoms with E-state index in [9.17, 15) is 4.79 Å². The molecule has 2 saturated heterocycles. The maximum atomic E-state index is 11.4. The van der Waals surface area contributed by atoms with Crippen molar-refractivity contribution < 1.29 is 4.79 Å². The van der Waals surface area contributed by atoms with Crippen LogP contribution in [-0.2, 0) is 4.79 Å². The van der Waals surface area contributed by atoms with E-state index in [1.807, 2.05) is 0 Å². The molecule has 1 amide bonds. The number of hydrogen-bond acceptors (Lipinski definition) is 4. The molecule has 20 heavy (non-hydrogen) atoms. The first-order valence-corrected chi connectivity index (χ1v) is 7.97. The lowest BCUT2D eigenvalue weighted by atomic mass is 9.96. The molecule has 5 heteroatoms. The Labute approximate surface area is 123 Å². The van der Waals surface area contributed by atoms with Crippen LogP contribution < -0.4 is 10.6 Å². The summed E-state index contributed by atoms with van der Waals surface area (Å²) < 4.78 is 0. The van der Waals surface area contributed by atoms with Crippen molar-refractivity contribution in [3.63, 3.8) is 0 Å². The van der Waals surface area contributed by atoms with Gasteiger partial charge in [0.1, 0.15) is 0 Å². The summed E-state index contributed by atoms with van der Waals surface area (Å²) in [5.74, 6) is 0.126. The molecule has 0 aromatic carbocycles. The normalized spacial score (nSPS) is 30.4. The van der Waals surface area contributed by atoms with Gasteiger partial charge in [0.2, 0.25) is 5.91 Å². The van der Waals surface area contributed by atoms with E-state index in [2.05, 4.69) is 34.4 Å². The number of nitrogens with one attached hydrogen (secondary N) is 2. The van der Waals surface area contributed by atoms with Gasteiger partial charge in [-0.3, -0.25) is 9.69 Å². The summed E-state index contributed by atoms with van der Waals surface area (Å²) in [6.07, 6.45) is 4.85. The molecule has 0 spiro atoms. The number of piperidine rings is 2. The van der Waals surface area contributed by atoms with Gasteiger partial charge in [-0.25, -0.2) is 0 Å². The number of rotatable bonds is 4. The maximum Gasteiger partial charge on any atom is 0.233 e. The molecule has 2 aliphatic heterocycles. The minimum absolute atomic E-state index is 0.126. The molecular weight excluding hydrogens is 252 g/mol. The van der Waals surface area contributed by atoms with Gasteiger partial charge in [0.15, 0.2) is 0 Å². The maximum absolute atomic E-state index is 11.4. The van der Waals surface area contributed by atoms with E-state index in [0.717, 1.165) is 25.9 Å². The van der Waals surface area contributed by atoms with Crippen LogP contribution in [0.25, 0.3) is 0 Å². The molecule has 0 saturated carbocycles. The Morgan fingerprint density at radius 3 is 2.40 bits per heavy atom. The van der Waals surface area contributed by atoms with Crippen molar-refractivity contribution in [2.24, 2.45) is 0 Å². The van der Waals surface area contributed by atoms with Crippen molar-refractivity contribution in [1.82, 2.24) is 20.4 Å². The highest BCUT2D eigenvalue weighted by atomic mass is 16.1. The van der Waals surface area contributed by atoms with Crippen LogP contribution in [0.2, 0.25) is 0 Å². The molecule has 0 aromatic rings. The van der Waals surface area contributed by atoms with Crippen LogP contribution in [0.3, 0.4) is 0 Å². The van der Waals surface area contributed by atoms with Crippen LogP contribution in [0.5, 0.6) is 0 Å². The Kier molecular flexibility index (Phi) is 5.81. The van der Waals surface area contributed by atoms with Gasteiger partial charge in [-0.1, -0.05) is 0 Å². The van der Waals surface area contributed by atoms with E-state index in [1.54, 1.807) is 7.05 Å². The molecule has 2 atom stereocenters. The van der Waals surface area contributed by atoms with Crippen LogP contribution in [-0.4, -0.2) is 74.1 Å². The smallest absolute Gasteiger partial charge is 0.233 e. The number of likely N-dealkylation sites (tertiary alicyclic amines) is 2. The molecule has 0 radical (unpaired) electrons. The molecule has 2 heterocycles. The van der Waals surface area contributed by atoms with Crippen LogP contribution >= 0.6 is 0 Å². The van der Waals surface area contributed by atoms with Gasteiger partial charge in [0.25, 0.3) is 0 Å². The minimum Gasteiger partial charge on any atom is -0.358 e. The Morgan fingerprint density at radius 1 is 1.15 bits per heavy atom. The quantitative estimate of drug-likeness (QED) is 0.777. The fourth-order valence-electron chi connectivity index (χ4n) is 3.31. The summed E-state index contributed by atoms with van der Waals surface area (Å²) in [4.78, 5) is 16.1. The zero-order valence-electron chi connectivity index (χ0n) is 13.2. The van der Waals surface area contributed by atoms with Crippen molar-refractivity contribution in [2.45, 2.75) is 50.7 Å². The van der Waals surface area contributed by atoms with Crippen molar-refractivity contribution in [3.8, 4) is 0 Å². The lowest BCUT2D eigenvalue weighted by molar-refractivity contribution is -0.122. The standard InChI is InChI=1S/C15H30N4O/c1-12-10-14(4-7-18(12)3)17-13-5-8-19(9-6-13)11-15(20)16-2/h12-14,17H,4-11H2,1-3H3,(H,16,20). The minimum atomic E-state index is 0.126. The first-order valence-electron chi connectivity index (χ1n) is 7.97.